The van der Waals surface area contributed by atoms with Crippen molar-refractivity contribution in [2.24, 2.45) is 0 Å². The van der Waals surface area contributed by atoms with Gasteiger partial charge in [0.15, 0.2) is 11.5 Å². The van der Waals surface area contributed by atoms with Crippen molar-refractivity contribution in [3.8, 4) is 11.5 Å². The van der Waals surface area contributed by atoms with Gasteiger partial charge in [0.05, 0.1) is 18.6 Å². The average molecular weight is 247 g/mol. The second-order valence-electron chi connectivity index (χ2n) is 4.03. The van der Waals surface area contributed by atoms with Gasteiger partial charge in [0.25, 0.3) is 0 Å². The van der Waals surface area contributed by atoms with Crippen molar-refractivity contribution in [2.75, 3.05) is 0 Å². The van der Waals surface area contributed by atoms with Crippen LogP contribution in [0.4, 0.5) is 0 Å². The van der Waals surface area contributed by atoms with Gasteiger partial charge >= 0.3 is 5.97 Å². The molecule has 2 heterocycles. The Morgan fingerprint density at radius 1 is 1.44 bits per heavy atom. The van der Waals surface area contributed by atoms with Crippen LogP contribution in [0.3, 0.4) is 0 Å². The highest BCUT2D eigenvalue weighted by atomic mass is 16.5. The fourth-order valence-electron chi connectivity index (χ4n) is 1.42. The van der Waals surface area contributed by atoms with E-state index in [0.717, 1.165) is 0 Å². The minimum absolute atomic E-state index is 0.0716. The largest absolute Gasteiger partial charge is 0.478 e. The highest BCUT2D eigenvalue weighted by Crippen LogP contribution is 2.24. The number of pyridine rings is 1. The highest BCUT2D eigenvalue weighted by molar-refractivity contribution is 5.90. The second kappa shape index (κ2) is 4.87. The lowest BCUT2D eigenvalue weighted by Crippen LogP contribution is -2.01. The van der Waals surface area contributed by atoms with Crippen LogP contribution in [-0.2, 0) is 0 Å². The van der Waals surface area contributed by atoms with Crippen LogP contribution in [0.5, 0.6) is 11.5 Å². The Labute approximate surface area is 104 Å². The average Bonchev–Trinajstić information content (AvgIpc) is 2.78. The van der Waals surface area contributed by atoms with E-state index < -0.39 is 5.97 Å². The van der Waals surface area contributed by atoms with E-state index in [9.17, 15) is 4.79 Å². The van der Waals surface area contributed by atoms with Gasteiger partial charge < -0.3 is 9.84 Å². The molecule has 0 aliphatic heterocycles. The topological polar surface area (TPSA) is 77.2 Å². The molecule has 94 valence electrons. The monoisotopic (exact) mass is 247 g/mol. The summed E-state index contributed by atoms with van der Waals surface area (Å²) in [5, 5.41) is 13.1. The molecule has 2 rings (SSSR count). The molecule has 0 unspecified atom stereocenters. The van der Waals surface area contributed by atoms with Gasteiger partial charge in [0.1, 0.15) is 5.56 Å². The molecule has 0 spiro atoms. The third-order valence-electron chi connectivity index (χ3n) is 2.35. The van der Waals surface area contributed by atoms with Crippen molar-refractivity contribution in [3.05, 3.63) is 36.4 Å². The van der Waals surface area contributed by atoms with Crippen LogP contribution in [-0.4, -0.2) is 25.8 Å². The highest BCUT2D eigenvalue weighted by Gasteiger charge is 2.12. The van der Waals surface area contributed by atoms with E-state index in [0.29, 0.717) is 5.75 Å². The Hall–Kier alpha value is -2.37. The Morgan fingerprint density at radius 2 is 2.22 bits per heavy atom. The first-order chi connectivity index (χ1) is 8.58. The van der Waals surface area contributed by atoms with Gasteiger partial charge in [0, 0.05) is 12.2 Å². The van der Waals surface area contributed by atoms with Crippen LogP contribution in [0.15, 0.2) is 30.9 Å². The van der Waals surface area contributed by atoms with Crippen molar-refractivity contribution in [1.82, 2.24) is 14.8 Å². The lowest BCUT2D eigenvalue weighted by molar-refractivity contribution is 0.0694. The molecule has 2 aromatic rings. The fourth-order valence-corrected chi connectivity index (χ4v) is 1.42. The van der Waals surface area contributed by atoms with Gasteiger partial charge in [-0.15, -0.1) is 0 Å². The van der Waals surface area contributed by atoms with E-state index in [1.807, 2.05) is 13.8 Å². The molecule has 2 aromatic heterocycles. The molecule has 0 aliphatic carbocycles. The maximum absolute atomic E-state index is 11.0. The number of aromatic carboxylic acids is 1. The van der Waals surface area contributed by atoms with E-state index in [-0.39, 0.29) is 17.4 Å². The summed E-state index contributed by atoms with van der Waals surface area (Å²) in [6, 6.07) is 1.61. The molecular weight excluding hydrogens is 234 g/mol. The second-order valence-corrected chi connectivity index (χ2v) is 4.03. The number of hydrogen-bond donors (Lipinski definition) is 1. The quantitative estimate of drug-likeness (QED) is 0.897. The van der Waals surface area contributed by atoms with Crippen molar-refractivity contribution in [2.45, 2.75) is 19.9 Å². The first kappa shape index (κ1) is 12.1. The third kappa shape index (κ3) is 2.48. The van der Waals surface area contributed by atoms with Gasteiger partial charge in [0.2, 0.25) is 0 Å². The predicted molar refractivity (Wildman–Crippen MR) is 63.9 cm³/mol. The third-order valence-corrected chi connectivity index (χ3v) is 2.35. The first-order valence-electron chi connectivity index (χ1n) is 5.47. The molecule has 0 saturated carbocycles. The minimum atomic E-state index is -1.05. The van der Waals surface area contributed by atoms with Crippen molar-refractivity contribution in [3.63, 3.8) is 0 Å². The molecule has 0 radical (unpaired) electrons. The van der Waals surface area contributed by atoms with Crippen molar-refractivity contribution < 1.29 is 14.6 Å². The Kier molecular flexibility index (Phi) is 3.27. The van der Waals surface area contributed by atoms with Crippen LogP contribution in [0, 0.1) is 0 Å². The summed E-state index contributed by atoms with van der Waals surface area (Å²) in [5.41, 5.74) is 0.0716. The Balaban J connectivity index is 2.25. The van der Waals surface area contributed by atoms with E-state index in [1.54, 1.807) is 17.1 Å². The van der Waals surface area contributed by atoms with Gasteiger partial charge in [-0.25, -0.2) is 4.79 Å². The van der Waals surface area contributed by atoms with Crippen molar-refractivity contribution in [1.29, 1.82) is 0 Å². The van der Waals surface area contributed by atoms with Gasteiger partial charge in [-0.2, -0.15) is 5.10 Å². The first-order valence-corrected chi connectivity index (χ1v) is 5.47. The van der Waals surface area contributed by atoms with E-state index >= 15 is 0 Å². The molecule has 0 bridgehead atoms. The summed E-state index contributed by atoms with van der Waals surface area (Å²) in [7, 11) is 0. The SMILES string of the molecule is CC(C)n1cc(Oc2cnccc2C(=O)O)cn1. The molecule has 0 aliphatic rings. The Morgan fingerprint density at radius 3 is 2.83 bits per heavy atom. The number of nitrogens with zero attached hydrogens (tertiary/aromatic N) is 3. The van der Waals surface area contributed by atoms with E-state index in [4.69, 9.17) is 9.84 Å². The number of rotatable bonds is 4. The zero-order valence-electron chi connectivity index (χ0n) is 10.1. The van der Waals surface area contributed by atoms with Crippen LogP contribution < -0.4 is 4.74 Å². The molecule has 0 fully saturated rings. The molecular formula is C12H13N3O3. The molecule has 6 nitrogen and oxygen atoms in total. The number of carbonyl (C=O) groups is 1. The van der Waals surface area contributed by atoms with Gasteiger partial charge in [-0.05, 0) is 19.9 Å². The molecule has 1 N–H and O–H groups in total. The molecule has 0 amide bonds. The van der Waals surface area contributed by atoms with E-state index in [2.05, 4.69) is 10.1 Å². The van der Waals surface area contributed by atoms with E-state index in [1.165, 1.54) is 18.5 Å². The Bertz CT molecular complexity index is 563. The number of carboxylic acids is 1. The summed E-state index contributed by atoms with van der Waals surface area (Å²) in [6.45, 7) is 3.98. The molecule has 0 atom stereocenters. The van der Waals surface area contributed by atoms with Gasteiger partial charge in [-0.1, -0.05) is 0 Å². The zero-order valence-corrected chi connectivity index (χ0v) is 10.1. The summed E-state index contributed by atoms with van der Waals surface area (Å²) < 4.78 is 7.20. The molecule has 6 heteroatoms. The predicted octanol–water partition coefficient (Wildman–Crippen LogP) is 2.35. The minimum Gasteiger partial charge on any atom is -0.478 e. The number of carboxylic acid groups (broad SMARTS) is 1. The summed E-state index contributed by atoms with van der Waals surface area (Å²) >= 11 is 0. The van der Waals surface area contributed by atoms with Crippen LogP contribution in [0.25, 0.3) is 0 Å². The lowest BCUT2D eigenvalue weighted by atomic mass is 10.2. The zero-order chi connectivity index (χ0) is 13.1. The molecule has 0 saturated heterocycles. The standard InChI is InChI=1S/C12H13N3O3/c1-8(2)15-7-9(5-14-15)18-11-6-13-4-3-10(11)12(16)17/h3-8H,1-2H3,(H,16,17). The molecule has 18 heavy (non-hydrogen) atoms. The number of aromatic nitrogens is 3. The van der Waals surface area contributed by atoms with Crippen LogP contribution in [0.1, 0.15) is 30.2 Å². The summed E-state index contributed by atoms with van der Waals surface area (Å²) in [4.78, 5) is 14.8. The smallest absolute Gasteiger partial charge is 0.339 e. The summed E-state index contributed by atoms with van der Waals surface area (Å²) in [5.74, 6) is -0.365. The lowest BCUT2D eigenvalue weighted by Gasteiger charge is -2.06. The molecule has 0 aromatic carbocycles. The fraction of sp³-hybridized carbons (Fsp3) is 0.250. The number of ether oxygens (including phenoxy) is 1. The summed E-state index contributed by atoms with van der Waals surface area (Å²) in [6.07, 6.45) is 6.03. The van der Waals surface area contributed by atoms with Crippen LogP contribution >= 0.6 is 0 Å². The normalized spacial score (nSPS) is 10.6. The van der Waals surface area contributed by atoms with Crippen LogP contribution in [0.2, 0.25) is 0 Å². The maximum Gasteiger partial charge on any atom is 0.339 e. The number of hydrogen-bond acceptors (Lipinski definition) is 4. The maximum atomic E-state index is 11.0. The van der Waals surface area contributed by atoms with Gasteiger partial charge in [-0.3, -0.25) is 9.67 Å². The van der Waals surface area contributed by atoms with Crippen molar-refractivity contribution >= 4 is 5.97 Å².